The SMILES string of the molecule is COc1ccccc1C1CNCCN1C(=O)c1c[nH]c(C)cc1=O.Cl. The van der Waals surface area contributed by atoms with Gasteiger partial charge in [0.1, 0.15) is 11.3 Å². The number of aryl methyl sites for hydroxylation is 1. The maximum atomic E-state index is 13.0. The third kappa shape index (κ3) is 3.86. The van der Waals surface area contributed by atoms with Gasteiger partial charge in [0.25, 0.3) is 5.91 Å². The predicted molar refractivity (Wildman–Crippen MR) is 98.7 cm³/mol. The molecule has 2 heterocycles. The summed E-state index contributed by atoms with van der Waals surface area (Å²) in [5.74, 6) is 0.482. The van der Waals surface area contributed by atoms with E-state index in [2.05, 4.69) is 10.3 Å². The Kier molecular flexibility index (Phi) is 6.22. The zero-order valence-corrected chi connectivity index (χ0v) is 15.1. The quantitative estimate of drug-likeness (QED) is 0.873. The number of rotatable bonds is 3. The molecule has 0 saturated carbocycles. The Labute approximate surface area is 152 Å². The number of halogens is 1. The predicted octanol–water partition coefficient (Wildman–Crippen LogP) is 1.90. The van der Waals surface area contributed by atoms with Crippen molar-refractivity contribution in [2.75, 3.05) is 26.7 Å². The van der Waals surface area contributed by atoms with E-state index in [1.54, 1.807) is 18.9 Å². The van der Waals surface area contributed by atoms with Crippen LogP contribution < -0.4 is 15.5 Å². The number of nitrogens with zero attached hydrogens (tertiary/aromatic N) is 1. The zero-order chi connectivity index (χ0) is 17.1. The van der Waals surface area contributed by atoms with E-state index in [1.165, 1.54) is 12.3 Å². The van der Waals surface area contributed by atoms with Gasteiger partial charge in [0, 0.05) is 43.2 Å². The second-order valence-electron chi connectivity index (χ2n) is 5.85. The fourth-order valence-electron chi connectivity index (χ4n) is 3.06. The summed E-state index contributed by atoms with van der Waals surface area (Å²) in [6, 6.07) is 8.93. The van der Waals surface area contributed by atoms with Crippen molar-refractivity contribution >= 4 is 18.3 Å². The van der Waals surface area contributed by atoms with Gasteiger partial charge < -0.3 is 19.9 Å². The van der Waals surface area contributed by atoms with E-state index >= 15 is 0 Å². The van der Waals surface area contributed by atoms with Crippen LogP contribution in [0.2, 0.25) is 0 Å². The van der Waals surface area contributed by atoms with Crippen LogP contribution in [0.1, 0.15) is 27.7 Å². The van der Waals surface area contributed by atoms with Crippen molar-refractivity contribution in [2.24, 2.45) is 0 Å². The van der Waals surface area contributed by atoms with Gasteiger partial charge in [-0.3, -0.25) is 9.59 Å². The molecule has 1 saturated heterocycles. The van der Waals surface area contributed by atoms with Crippen molar-refractivity contribution in [3.8, 4) is 5.75 Å². The molecule has 6 nitrogen and oxygen atoms in total. The second-order valence-corrected chi connectivity index (χ2v) is 5.85. The van der Waals surface area contributed by atoms with Crippen LogP contribution in [0, 0.1) is 6.92 Å². The molecular formula is C18H22ClN3O3. The number of carbonyl (C=O) groups excluding carboxylic acids is 1. The molecule has 134 valence electrons. The number of para-hydroxylation sites is 1. The van der Waals surface area contributed by atoms with Crippen molar-refractivity contribution in [3.05, 3.63) is 63.6 Å². The van der Waals surface area contributed by atoms with Gasteiger partial charge in [-0.05, 0) is 13.0 Å². The third-order valence-electron chi connectivity index (χ3n) is 4.29. The third-order valence-corrected chi connectivity index (χ3v) is 4.29. The van der Waals surface area contributed by atoms with Crippen LogP contribution >= 0.6 is 12.4 Å². The van der Waals surface area contributed by atoms with E-state index in [-0.39, 0.29) is 35.3 Å². The standard InChI is InChI=1S/C18H21N3O3.ClH/c1-12-9-16(22)14(10-20-12)18(23)21-8-7-19-11-15(21)13-5-3-4-6-17(13)24-2;/h3-6,9-10,15,19H,7-8,11H2,1-2H3,(H,20,22);1H. The molecule has 1 amide bonds. The molecule has 1 atom stereocenters. The van der Waals surface area contributed by atoms with Crippen molar-refractivity contribution in [3.63, 3.8) is 0 Å². The Morgan fingerprint density at radius 2 is 2.08 bits per heavy atom. The highest BCUT2D eigenvalue weighted by molar-refractivity contribution is 5.94. The van der Waals surface area contributed by atoms with E-state index < -0.39 is 0 Å². The lowest BCUT2D eigenvalue weighted by molar-refractivity contribution is 0.0630. The molecule has 1 aliphatic heterocycles. The minimum absolute atomic E-state index is 0. The number of methoxy groups -OCH3 is 1. The van der Waals surface area contributed by atoms with Gasteiger partial charge in [-0.1, -0.05) is 18.2 Å². The van der Waals surface area contributed by atoms with E-state index in [9.17, 15) is 9.59 Å². The molecule has 1 fully saturated rings. The average Bonchev–Trinajstić information content (AvgIpc) is 2.61. The summed E-state index contributed by atoms with van der Waals surface area (Å²) in [7, 11) is 1.62. The summed E-state index contributed by atoms with van der Waals surface area (Å²) >= 11 is 0. The van der Waals surface area contributed by atoms with Gasteiger partial charge in [-0.25, -0.2) is 0 Å². The summed E-state index contributed by atoms with van der Waals surface area (Å²) in [6.45, 7) is 3.64. The molecule has 7 heteroatoms. The van der Waals surface area contributed by atoms with Crippen LogP contribution in [0.15, 0.2) is 41.3 Å². The van der Waals surface area contributed by atoms with E-state index in [1.807, 2.05) is 24.3 Å². The Balaban J connectivity index is 0.00000225. The Bertz CT molecular complexity index is 806. The van der Waals surface area contributed by atoms with Crippen molar-refractivity contribution in [1.29, 1.82) is 0 Å². The number of carbonyl (C=O) groups is 1. The fraction of sp³-hybridized carbons (Fsp3) is 0.333. The van der Waals surface area contributed by atoms with E-state index in [0.29, 0.717) is 19.6 Å². The zero-order valence-electron chi connectivity index (χ0n) is 14.2. The molecule has 0 radical (unpaired) electrons. The molecule has 25 heavy (non-hydrogen) atoms. The highest BCUT2D eigenvalue weighted by Crippen LogP contribution is 2.30. The van der Waals surface area contributed by atoms with Crippen LogP contribution in [0.4, 0.5) is 0 Å². The number of piperazine rings is 1. The first kappa shape index (κ1) is 19.0. The topological polar surface area (TPSA) is 74.4 Å². The summed E-state index contributed by atoms with van der Waals surface area (Å²) < 4.78 is 5.44. The smallest absolute Gasteiger partial charge is 0.259 e. The summed E-state index contributed by atoms with van der Waals surface area (Å²) in [6.07, 6.45) is 1.50. The lowest BCUT2D eigenvalue weighted by atomic mass is 10.0. The first-order valence-electron chi connectivity index (χ1n) is 7.95. The van der Waals surface area contributed by atoms with Crippen LogP contribution in [-0.2, 0) is 0 Å². The van der Waals surface area contributed by atoms with Crippen molar-refractivity contribution in [1.82, 2.24) is 15.2 Å². The number of hydrogen-bond acceptors (Lipinski definition) is 4. The maximum Gasteiger partial charge on any atom is 0.259 e. The van der Waals surface area contributed by atoms with Gasteiger partial charge in [-0.2, -0.15) is 0 Å². The van der Waals surface area contributed by atoms with Crippen LogP contribution in [-0.4, -0.2) is 42.5 Å². The van der Waals surface area contributed by atoms with Crippen LogP contribution in [0.25, 0.3) is 0 Å². The maximum absolute atomic E-state index is 13.0. The fourth-order valence-corrected chi connectivity index (χ4v) is 3.06. The molecule has 1 aromatic carbocycles. The Hall–Kier alpha value is -2.31. The number of nitrogens with one attached hydrogen (secondary N) is 2. The molecule has 2 aromatic rings. The minimum Gasteiger partial charge on any atom is -0.496 e. The first-order valence-corrected chi connectivity index (χ1v) is 7.95. The Morgan fingerprint density at radius 1 is 1.32 bits per heavy atom. The monoisotopic (exact) mass is 363 g/mol. The average molecular weight is 364 g/mol. The van der Waals surface area contributed by atoms with Crippen LogP contribution in [0.3, 0.4) is 0 Å². The van der Waals surface area contributed by atoms with Crippen LogP contribution in [0.5, 0.6) is 5.75 Å². The van der Waals surface area contributed by atoms with Crippen molar-refractivity contribution < 1.29 is 9.53 Å². The van der Waals surface area contributed by atoms with Gasteiger partial charge in [0.15, 0.2) is 5.43 Å². The van der Waals surface area contributed by atoms with E-state index in [0.717, 1.165) is 17.0 Å². The number of pyridine rings is 1. The molecule has 1 aromatic heterocycles. The summed E-state index contributed by atoms with van der Waals surface area (Å²) in [4.78, 5) is 29.8. The molecule has 1 aliphatic rings. The second kappa shape index (κ2) is 8.18. The number of aromatic amines is 1. The molecule has 2 N–H and O–H groups in total. The molecular weight excluding hydrogens is 342 g/mol. The summed E-state index contributed by atoms with van der Waals surface area (Å²) in [5.41, 5.74) is 1.58. The van der Waals surface area contributed by atoms with Gasteiger partial charge >= 0.3 is 0 Å². The van der Waals surface area contributed by atoms with Gasteiger partial charge in [0.2, 0.25) is 0 Å². The van der Waals surface area contributed by atoms with Crippen molar-refractivity contribution in [2.45, 2.75) is 13.0 Å². The molecule has 0 spiro atoms. The first-order chi connectivity index (χ1) is 11.6. The number of benzene rings is 1. The Morgan fingerprint density at radius 3 is 2.80 bits per heavy atom. The number of ether oxygens (including phenoxy) is 1. The normalized spacial score (nSPS) is 16.9. The summed E-state index contributed by atoms with van der Waals surface area (Å²) in [5, 5.41) is 3.31. The minimum atomic E-state index is -0.256. The largest absolute Gasteiger partial charge is 0.496 e. The lowest BCUT2D eigenvalue weighted by Crippen LogP contribution is -2.49. The number of hydrogen-bond donors (Lipinski definition) is 2. The molecule has 0 bridgehead atoms. The number of aromatic nitrogens is 1. The number of H-pyrrole nitrogens is 1. The highest BCUT2D eigenvalue weighted by atomic mass is 35.5. The number of amides is 1. The van der Waals surface area contributed by atoms with E-state index in [4.69, 9.17) is 4.74 Å². The lowest BCUT2D eigenvalue weighted by Gasteiger charge is -2.37. The molecule has 1 unspecified atom stereocenters. The molecule has 0 aliphatic carbocycles. The highest BCUT2D eigenvalue weighted by Gasteiger charge is 2.31. The molecule has 3 rings (SSSR count). The van der Waals surface area contributed by atoms with Gasteiger partial charge in [0.05, 0.1) is 13.2 Å². The van der Waals surface area contributed by atoms with Gasteiger partial charge in [-0.15, -0.1) is 12.4 Å².